The Balaban J connectivity index is 1.71. The molecular weight excluding hydrogens is 944 g/mol. The maximum absolute atomic E-state index is 14.3. The van der Waals surface area contributed by atoms with Crippen LogP contribution in [-0.2, 0) is 62.0 Å². The van der Waals surface area contributed by atoms with Crippen molar-refractivity contribution in [1.82, 2.24) is 41.0 Å². The van der Waals surface area contributed by atoms with Gasteiger partial charge in [-0.2, -0.15) is 12.6 Å². The summed E-state index contributed by atoms with van der Waals surface area (Å²) in [6, 6.07) is 3.42. The van der Waals surface area contributed by atoms with Gasteiger partial charge < -0.3 is 57.3 Å². The molecule has 0 radical (unpaired) electrons. The van der Waals surface area contributed by atoms with Gasteiger partial charge in [-0.05, 0) is 76.7 Å². The zero-order valence-corrected chi connectivity index (χ0v) is 42.8. The number of rotatable bonds is 33. The van der Waals surface area contributed by atoms with E-state index in [1.807, 2.05) is 36.6 Å². The first-order chi connectivity index (χ1) is 33.2. The number of nitrogens with one attached hydrogen (secondary N) is 5. The van der Waals surface area contributed by atoms with Crippen LogP contribution in [0.5, 0.6) is 0 Å². The molecule has 3 rings (SSSR count). The third kappa shape index (κ3) is 21.6. The summed E-state index contributed by atoms with van der Waals surface area (Å²) in [5.41, 5.74) is 13.0. The van der Waals surface area contributed by atoms with E-state index in [2.05, 4.69) is 60.9 Å². The van der Waals surface area contributed by atoms with Crippen LogP contribution in [0, 0.1) is 5.92 Å². The second kappa shape index (κ2) is 30.8. The van der Waals surface area contributed by atoms with Crippen molar-refractivity contribution in [3.05, 3.63) is 54.1 Å². The number of imidazole rings is 1. The van der Waals surface area contributed by atoms with Gasteiger partial charge in [-0.15, -0.1) is 0 Å². The van der Waals surface area contributed by atoms with E-state index in [0.29, 0.717) is 57.4 Å². The van der Waals surface area contributed by atoms with Crippen molar-refractivity contribution in [3.63, 3.8) is 0 Å². The first-order valence-corrected chi connectivity index (χ1v) is 26.6. The molecule has 21 nitrogen and oxygen atoms in total. The van der Waals surface area contributed by atoms with E-state index < -0.39 is 79.7 Å². The Morgan fingerprint density at radius 3 is 2.16 bits per heavy atom. The number of hydrogen-bond acceptors (Lipinski definition) is 12. The summed E-state index contributed by atoms with van der Waals surface area (Å²) in [6.07, 6.45) is 12.1. The van der Waals surface area contributed by atoms with E-state index in [4.69, 9.17) is 11.5 Å². The van der Waals surface area contributed by atoms with E-state index in [1.165, 1.54) is 17.4 Å². The Morgan fingerprint density at radius 2 is 1.50 bits per heavy atom. The standard InChI is InChI=1S/C47H77N10O11PS/c1-31(2)26-37(54-47(64)39-21-17-25-57(39)40(58)22-14-10-15-23-51-44(61)36(48)29-70)46(63)53-38(45(62)52-32(3)43(60)55-41(42(49)59)33(4)68-69(65,66)67)27-35-28-50-30-56(35)24-16-8-6-5-7-11-18-34-19-12-9-13-20-34/h9,12-13,19-20,28,30-33,36-39,41,70H,5-8,10-11,14-18,21-27,29,48H2,1-4H3,(H2,49,59)(H,51,61)(H,52,62)(H,53,63)(H,54,64)(H,55,60)(H2,65,66,67)/t32-,33+,36-,37-,38-,39-,41-/m0/s1. The third-order valence-electron chi connectivity index (χ3n) is 12.0. The third-order valence-corrected chi connectivity index (χ3v) is 13.0. The van der Waals surface area contributed by atoms with E-state index in [0.717, 1.165) is 51.9 Å². The Bertz CT molecular complexity index is 2040. The highest BCUT2D eigenvalue weighted by molar-refractivity contribution is 7.80. The maximum atomic E-state index is 14.3. The van der Waals surface area contributed by atoms with Crippen molar-refractivity contribution in [2.45, 2.75) is 173 Å². The van der Waals surface area contributed by atoms with E-state index in [1.54, 1.807) is 12.5 Å². The minimum Gasteiger partial charge on any atom is -0.368 e. The van der Waals surface area contributed by atoms with Gasteiger partial charge >= 0.3 is 7.82 Å². The van der Waals surface area contributed by atoms with Crippen LogP contribution < -0.4 is 38.1 Å². The van der Waals surface area contributed by atoms with Crippen LogP contribution in [0.25, 0.3) is 0 Å². The predicted octanol–water partition coefficient (Wildman–Crippen LogP) is 1.92. The number of primary amides is 1. The molecule has 1 aromatic heterocycles. The van der Waals surface area contributed by atoms with Gasteiger partial charge in [0.25, 0.3) is 0 Å². The van der Waals surface area contributed by atoms with Crippen molar-refractivity contribution >= 4 is 61.8 Å². The number of aromatic nitrogens is 2. The zero-order chi connectivity index (χ0) is 51.8. The minimum atomic E-state index is -5.08. The van der Waals surface area contributed by atoms with Crippen molar-refractivity contribution in [2.24, 2.45) is 17.4 Å². The molecule has 1 aliphatic heterocycles. The fourth-order valence-corrected chi connectivity index (χ4v) is 8.90. The molecule has 23 heteroatoms. The summed E-state index contributed by atoms with van der Waals surface area (Å²) in [6.45, 7) is 7.57. The number of thiol groups is 1. The van der Waals surface area contributed by atoms with Gasteiger partial charge in [0, 0.05) is 50.1 Å². The predicted molar refractivity (Wildman–Crippen MR) is 266 cm³/mol. The maximum Gasteiger partial charge on any atom is 0.469 e. The smallest absolute Gasteiger partial charge is 0.368 e. The summed E-state index contributed by atoms with van der Waals surface area (Å²) in [5, 5.41) is 13.2. The molecule has 1 saturated heterocycles. The molecule has 7 amide bonds. The molecule has 70 heavy (non-hydrogen) atoms. The fraction of sp³-hybridized carbons (Fsp3) is 0.660. The van der Waals surface area contributed by atoms with E-state index in [-0.39, 0.29) is 42.7 Å². The SMILES string of the molecule is CC(C)C[C@H](NC(=O)[C@@H]1CCCN1C(=O)CCCCCNC(=O)[C@@H](N)CS)C(=O)N[C@@H](Cc1cncn1CCCCCCCCc1ccccc1)C(=O)N[C@@H](C)C(=O)N[C@H](C(N)=O)[C@@H](C)OP(=O)(O)O. The Hall–Kier alpha value is -4.86. The molecule has 11 N–H and O–H groups in total. The number of aryl methyl sites for hydroxylation is 2. The minimum absolute atomic E-state index is 0.0642. The number of hydrogen-bond donors (Lipinski definition) is 10. The highest BCUT2D eigenvalue weighted by Crippen LogP contribution is 2.38. The summed E-state index contributed by atoms with van der Waals surface area (Å²) in [5.74, 6) is -4.40. The fourth-order valence-electron chi connectivity index (χ4n) is 8.18. The molecule has 0 aliphatic carbocycles. The first kappa shape index (κ1) is 59.4. The normalized spacial score (nSPS) is 16.4. The lowest BCUT2D eigenvalue weighted by molar-refractivity contribution is -0.140. The van der Waals surface area contributed by atoms with E-state index in [9.17, 15) is 47.9 Å². The monoisotopic (exact) mass is 1020 g/mol. The van der Waals surface area contributed by atoms with Gasteiger partial charge in [0.2, 0.25) is 41.4 Å². The van der Waals surface area contributed by atoms with Crippen LogP contribution in [0.4, 0.5) is 0 Å². The van der Waals surface area contributed by atoms with Crippen molar-refractivity contribution in [3.8, 4) is 0 Å². The summed E-state index contributed by atoms with van der Waals surface area (Å²) >= 11 is 4.03. The van der Waals surface area contributed by atoms with Gasteiger partial charge in [0.15, 0.2) is 0 Å². The van der Waals surface area contributed by atoms with Crippen LogP contribution in [-0.4, -0.2) is 127 Å². The molecule has 0 unspecified atom stereocenters. The van der Waals surface area contributed by atoms with Gasteiger partial charge in [0.05, 0.1) is 18.5 Å². The second-order valence-electron chi connectivity index (χ2n) is 18.4. The van der Waals surface area contributed by atoms with Gasteiger partial charge in [-0.3, -0.25) is 38.1 Å². The van der Waals surface area contributed by atoms with Crippen LogP contribution in [0.3, 0.4) is 0 Å². The van der Waals surface area contributed by atoms with Crippen molar-refractivity contribution in [2.75, 3.05) is 18.8 Å². The molecule has 392 valence electrons. The lowest BCUT2D eigenvalue weighted by Crippen LogP contribution is -2.60. The molecule has 1 fully saturated rings. The van der Waals surface area contributed by atoms with Crippen LogP contribution in [0.15, 0.2) is 42.9 Å². The number of carbonyl (C=O) groups excluding carboxylic acids is 7. The van der Waals surface area contributed by atoms with E-state index >= 15 is 0 Å². The highest BCUT2D eigenvalue weighted by Gasteiger charge is 2.37. The number of nitrogens with zero attached hydrogens (tertiary/aromatic N) is 3. The van der Waals surface area contributed by atoms with Crippen molar-refractivity contribution in [1.29, 1.82) is 0 Å². The number of phosphoric acid groups is 1. The molecule has 0 saturated carbocycles. The number of amides is 7. The topological polar surface area (TPSA) is 320 Å². The Kier molecular flexibility index (Phi) is 26.1. The van der Waals surface area contributed by atoms with Gasteiger partial charge in [-0.25, -0.2) is 9.55 Å². The lowest BCUT2D eigenvalue weighted by Gasteiger charge is -2.29. The lowest BCUT2D eigenvalue weighted by atomic mass is 10.0. The molecule has 1 aliphatic rings. The van der Waals surface area contributed by atoms with Crippen molar-refractivity contribution < 1.29 is 52.4 Å². The second-order valence-corrected chi connectivity index (χ2v) is 20.0. The number of nitrogens with two attached hydrogens (primary N) is 2. The molecule has 1 aromatic carbocycles. The van der Waals surface area contributed by atoms with Gasteiger partial charge in [0.1, 0.15) is 30.2 Å². The number of carbonyl (C=O) groups is 7. The summed E-state index contributed by atoms with van der Waals surface area (Å²) < 4.78 is 17.9. The summed E-state index contributed by atoms with van der Waals surface area (Å²) in [7, 11) is -5.08. The van der Waals surface area contributed by atoms with Gasteiger partial charge in [-0.1, -0.05) is 76.3 Å². The quantitative estimate of drug-likeness (QED) is 0.0278. The molecular formula is C47H77N10O11PS. The molecule has 0 bridgehead atoms. The molecule has 2 heterocycles. The molecule has 7 atom stereocenters. The van der Waals surface area contributed by atoms with Crippen LogP contribution in [0.1, 0.15) is 122 Å². The van der Waals surface area contributed by atoms with Crippen LogP contribution >= 0.6 is 20.5 Å². The first-order valence-electron chi connectivity index (χ1n) is 24.4. The zero-order valence-electron chi connectivity index (χ0n) is 41.1. The number of benzene rings is 1. The number of unbranched alkanes of at least 4 members (excludes halogenated alkanes) is 7. The molecule has 0 spiro atoms. The van der Waals surface area contributed by atoms with Crippen LogP contribution in [0.2, 0.25) is 0 Å². The number of likely N-dealkylation sites (tertiary alicyclic amines) is 1. The summed E-state index contributed by atoms with van der Waals surface area (Å²) in [4.78, 5) is 117. The Labute approximate surface area is 417 Å². The largest absolute Gasteiger partial charge is 0.469 e. The average Bonchev–Trinajstić information content (AvgIpc) is 3.99. The Morgan fingerprint density at radius 1 is 0.843 bits per heavy atom. The molecule has 2 aromatic rings. The average molecular weight is 1020 g/mol. The highest BCUT2D eigenvalue weighted by atomic mass is 32.1. The number of phosphoric ester groups is 1.